The van der Waals surface area contributed by atoms with Gasteiger partial charge in [-0.05, 0) is 42.7 Å². The summed E-state index contributed by atoms with van der Waals surface area (Å²) >= 11 is 0. The van der Waals surface area contributed by atoms with Gasteiger partial charge in [0.2, 0.25) is 10.0 Å². The molecule has 1 atom stereocenters. The van der Waals surface area contributed by atoms with Gasteiger partial charge in [-0.2, -0.15) is 4.31 Å². The Morgan fingerprint density at radius 2 is 1.85 bits per heavy atom. The van der Waals surface area contributed by atoms with Crippen molar-refractivity contribution < 1.29 is 22.3 Å². The van der Waals surface area contributed by atoms with Crippen LogP contribution in [0, 0.1) is 5.82 Å². The van der Waals surface area contributed by atoms with Crippen LogP contribution in [0.3, 0.4) is 0 Å². The van der Waals surface area contributed by atoms with Gasteiger partial charge in [0.1, 0.15) is 22.2 Å². The summed E-state index contributed by atoms with van der Waals surface area (Å²) in [5.74, 6) is 0.331. The average Bonchev–Trinajstić information content (AvgIpc) is 2.94. The maximum absolute atomic E-state index is 13.8. The third-order valence-corrected chi connectivity index (χ3v) is 6.82. The van der Waals surface area contributed by atoms with E-state index >= 15 is 0 Å². The molecule has 0 bridgehead atoms. The summed E-state index contributed by atoms with van der Waals surface area (Å²) in [6, 6.07) is 10.5. The number of sulfonamides is 1. The molecule has 1 aliphatic heterocycles. The normalized spacial score (nSPS) is 18.7. The predicted octanol–water partition coefficient (Wildman–Crippen LogP) is 4.15. The number of ether oxygens (including phenoxy) is 2. The number of methoxy groups -OCH3 is 2. The molecule has 0 amide bonds. The maximum Gasteiger partial charge on any atom is 0.247 e. The molecule has 0 spiro atoms. The zero-order valence-corrected chi connectivity index (χ0v) is 16.3. The Balaban J connectivity index is 2.09. The van der Waals surface area contributed by atoms with E-state index in [2.05, 4.69) is 0 Å². The summed E-state index contributed by atoms with van der Waals surface area (Å²) in [6.07, 6.45) is 3.24. The fraction of sp³-hybridized carbons (Fsp3) is 0.400. The molecule has 27 heavy (non-hydrogen) atoms. The van der Waals surface area contributed by atoms with E-state index in [4.69, 9.17) is 9.47 Å². The Labute approximate surface area is 159 Å². The molecule has 0 aromatic heterocycles. The fourth-order valence-corrected chi connectivity index (χ4v) is 5.38. The Morgan fingerprint density at radius 1 is 1.04 bits per heavy atom. The highest BCUT2D eigenvalue weighted by molar-refractivity contribution is 7.89. The molecule has 1 heterocycles. The lowest BCUT2D eigenvalue weighted by Crippen LogP contribution is -2.35. The van der Waals surface area contributed by atoms with Crippen LogP contribution in [0.4, 0.5) is 4.39 Å². The second kappa shape index (κ2) is 8.27. The van der Waals surface area contributed by atoms with Gasteiger partial charge in [-0.25, -0.2) is 12.8 Å². The number of nitrogens with zero attached hydrogens (tertiary/aromatic N) is 1. The standard InChI is InChI=1S/C20H24FNO4S/c1-25-17-10-11-19(26-2)20(14-17)27(23,24)22-12-5-3-4-9-18(22)15-7-6-8-16(21)13-15/h6-8,10-11,13-14,18H,3-5,9,12H2,1-2H3. The summed E-state index contributed by atoms with van der Waals surface area (Å²) in [4.78, 5) is 0.0626. The molecule has 1 unspecified atom stereocenters. The summed E-state index contributed by atoms with van der Waals surface area (Å²) in [5, 5.41) is 0. The van der Waals surface area contributed by atoms with Crippen LogP contribution in [0.5, 0.6) is 11.5 Å². The molecular formula is C20H24FNO4S. The first kappa shape index (κ1) is 19.6. The van der Waals surface area contributed by atoms with Gasteiger partial charge >= 0.3 is 0 Å². The summed E-state index contributed by atoms with van der Waals surface area (Å²) in [7, 11) is -0.941. The molecule has 1 fully saturated rings. The summed E-state index contributed by atoms with van der Waals surface area (Å²) < 4.78 is 52.9. The van der Waals surface area contributed by atoms with Crippen molar-refractivity contribution in [1.82, 2.24) is 4.31 Å². The molecule has 0 saturated carbocycles. The predicted molar refractivity (Wildman–Crippen MR) is 101 cm³/mol. The number of rotatable bonds is 5. The van der Waals surface area contributed by atoms with E-state index in [1.807, 2.05) is 0 Å². The topological polar surface area (TPSA) is 55.8 Å². The number of hydrogen-bond donors (Lipinski definition) is 0. The van der Waals surface area contributed by atoms with Gasteiger partial charge < -0.3 is 9.47 Å². The zero-order chi connectivity index (χ0) is 19.4. The molecule has 2 aromatic carbocycles. The molecule has 7 heteroatoms. The highest BCUT2D eigenvalue weighted by Gasteiger charge is 2.35. The zero-order valence-electron chi connectivity index (χ0n) is 15.5. The third kappa shape index (κ3) is 4.09. The van der Waals surface area contributed by atoms with Gasteiger partial charge in [-0.3, -0.25) is 0 Å². The molecule has 0 N–H and O–H groups in total. The second-order valence-electron chi connectivity index (χ2n) is 6.55. The molecule has 146 valence electrons. The van der Waals surface area contributed by atoms with Crippen LogP contribution >= 0.6 is 0 Å². The molecule has 0 aliphatic carbocycles. The van der Waals surface area contributed by atoms with Crippen LogP contribution in [0.25, 0.3) is 0 Å². The van der Waals surface area contributed by atoms with Gasteiger partial charge in [-0.1, -0.05) is 25.0 Å². The van der Waals surface area contributed by atoms with Crippen molar-refractivity contribution in [3.63, 3.8) is 0 Å². The first-order chi connectivity index (χ1) is 13.0. The Hall–Kier alpha value is -2.12. The lowest BCUT2D eigenvalue weighted by molar-refractivity contribution is 0.324. The van der Waals surface area contributed by atoms with E-state index in [1.165, 1.54) is 36.7 Å². The van der Waals surface area contributed by atoms with Crippen LogP contribution in [0.15, 0.2) is 47.4 Å². The highest BCUT2D eigenvalue weighted by Crippen LogP contribution is 2.38. The van der Waals surface area contributed by atoms with Crippen LogP contribution in [0.2, 0.25) is 0 Å². The SMILES string of the molecule is COc1ccc(OC)c(S(=O)(=O)N2CCCCCC2c2cccc(F)c2)c1. The van der Waals surface area contributed by atoms with Crippen molar-refractivity contribution in [3.8, 4) is 11.5 Å². The number of hydrogen-bond acceptors (Lipinski definition) is 4. The molecule has 3 rings (SSSR count). The molecule has 1 saturated heterocycles. The number of benzene rings is 2. The maximum atomic E-state index is 13.8. The monoisotopic (exact) mass is 393 g/mol. The second-order valence-corrected chi connectivity index (χ2v) is 8.41. The van der Waals surface area contributed by atoms with Crippen LogP contribution in [-0.2, 0) is 10.0 Å². The average molecular weight is 393 g/mol. The third-order valence-electron chi connectivity index (χ3n) is 4.89. The molecule has 1 aliphatic rings. The Morgan fingerprint density at radius 3 is 2.56 bits per heavy atom. The van der Waals surface area contributed by atoms with E-state index in [0.717, 1.165) is 19.3 Å². The van der Waals surface area contributed by atoms with E-state index in [1.54, 1.807) is 24.3 Å². The van der Waals surface area contributed by atoms with E-state index in [9.17, 15) is 12.8 Å². The highest BCUT2D eigenvalue weighted by atomic mass is 32.2. The van der Waals surface area contributed by atoms with Crippen molar-refractivity contribution in [2.45, 2.75) is 36.6 Å². The van der Waals surface area contributed by atoms with Gasteiger partial charge in [-0.15, -0.1) is 0 Å². The van der Waals surface area contributed by atoms with E-state index < -0.39 is 16.1 Å². The largest absolute Gasteiger partial charge is 0.497 e. The lowest BCUT2D eigenvalue weighted by atomic mass is 10.0. The molecule has 5 nitrogen and oxygen atoms in total. The van der Waals surface area contributed by atoms with Gasteiger partial charge in [0.15, 0.2) is 0 Å². The lowest BCUT2D eigenvalue weighted by Gasteiger charge is -2.30. The Kier molecular flexibility index (Phi) is 6.01. The molecule has 2 aromatic rings. The van der Waals surface area contributed by atoms with Gasteiger partial charge in [0, 0.05) is 12.6 Å². The first-order valence-electron chi connectivity index (χ1n) is 8.96. The molecular weight excluding hydrogens is 369 g/mol. The number of halogens is 1. The van der Waals surface area contributed by atoms with Crippen LogP contribution in [-0.4, -0.2) is 33.5 Å². The minimum atomic E-state index is -3.86. The van der Waals surface area contributed by atoms with Gasteiger partial charge in [0.05, 0.1) is 20.3 Å². The summed E-state index contributed by atoms with van der Waals surface area (Å²) in [6.45, 7) is 0.379. The summed E-state index contributed by atoms with van der Waals surface area (Å²) in [5.41, 5.74) is 0.669. The minimum Gasteiger partial charge on any atom is -0.497 e. The van der Waals surface area contributed by atoms with Crippen molar-refractivity contribution in [1.29, 1.82) is 0 Å². The fourth-order valence-electron chi connectivity index (χ4n) is 3.53. The molecule has 0 radical (unpaired) electrons. The van der Waals surface area contributed by atoms with E-state index in [-0.39, 0.29) is 16.5 Å². The smallest absolute Gasteiger partial charge is 0.247 e. The minimum absolute atomic E-state index is 0.0626. The quantitative estimate of drug-likeness (QED) is 0.766. The Bertz CT molecular complexity index is 901. The van der Waals surface area contributed by atoms with Crippen LogP contribution < -0.4 is 9.47 Å². The van der Waals surface area contributed by atoms with Crippen molar-refractivity contribution in [2.75, 3.05) is 20.8 Å². The van der Waals surface area contributed by atoms with E-state index in [0.29, 0.717) is 24.3 Å². The van der Waals surface area contributed by atoms with Crippen LogP contribution in [0.1, 0.15) is 37.3 Å². The van der Waals surface area contributed by atoms with Crippen molar-refractivity contribution in [3.05, 3.63) is 53.8 Å². The van der Waals surface area contributed by atoms with Crippen molar-refractivity contribution in [2.24, 2.45) is 0 Å². The van der Waals surface area contributed by atoms with Gasteiger partial charge in [0.25, 0.3) is 0 Å². The first-order valence-corrected chi connectivity index (χ1v) is 10.4. The van der Waals surface area contributed by atoms with Crippen molar-refractivity contribution >= 4 is 10.0 Å².